The second-order valence-electron chi connectivity index (χ2n) is 12.2. The number of halogens is 2. The Balaban J connectivity index is 1.23. The minimum atomic E-state index is -1.15. The molecule has 2 saturated heterocycles. The summed E-state index contributed by atoms with van der Waals surface area (Å²) >= 11 is 14.0. The van der Waals surface area contributed by atoms with Crippen LogP contribution in [-0.2, 0) is 22.7 Å². The molecule has 4 heterocycles. The summed E-state index contributed by atoms with van der Waals surface area (Å²) < 4.78 is 11.1. The number of nitrogens with zero attached hydrogens (tertiary/aromatic N) is 5. The molecule has 14 nitrogen and oxygen atoms in total. The van der Waals surface area contributed by atoms with Gasteiger partial charge in [-0.25, -0.2) is 14.8 Å². The van der Waals surface area contributed by atoms with Crippen molar-refractivity contribution in [1.82, 2.24) is 40.8 Å². The Hall–Kier alpha value is -5.05. The van der Waals surface area contributed by atoms with E-state index in [1.165, 1.54) is 25.3 Å². The molecule has 0 aliphatic carbocycles. The Morgan fingerprint density at radius 2 is 1.35 bits per heavy atom. The van der Waals surface area contributed by atoms with E-state index in [2.05, 4.69) is 30.9 Å². The molecule has 0 saturated carbocycles. The quantitative estimate of drug-likeness (QED) is 0.149. The monoisotopic (exact) mass is 734 g/mol. The third kappa shape index (κ3) is 8.14. The van der Waals surface area contributed by atoms with Crippen molar-refractivity contribution in [1.29, 1.82) is 0 Å². The van der Waals surface area contributed by atoms with Gasteiger partial charge >= 0.3 is 6.09 Å². The first-order chi connectivity index (χ1) is 24.6. The molecule has 16 heteroatoms. The van der Waals surface area contributed by atoms with Gasteiger partial charge in [0.1, 0.15) is 11.4 Å². The van der Waals surface area contributed by atoms with Crippen molar-refractivity contribution in [3.05, 3.63) is 70.2 Å². The van der Waals surface area contributed by atoms with Gasteiger partial charge in [0.2, 0.25) is 23.6 Å². The minimum Gasteiger partial charge on any atom is -0.480 e. The van der Waals surface area contributed by atoms with Crippen LogP contribution in [0.4, 0.5) is 4.79 Å². The van der Waals surface area contributed by atoms with E-state index in [1.807, 2.05) is 30.3 Å². The van der Waals surface area contributed by atoms with Crippen molar-refractivity contribution in [3.63, 3.8) is 0 Å². The first-order valence-electron chi connectivity index (χ1n) is 16.3. The summed E-state index contributed by atoms with van der Waals surface area (Å²) in [6.07, 6.45) is 4.25. The maximum atomic E-state index is 12.0. The molecule has 0 unspecified atom stereocenters. The van der Waals surface area contributed by atoms with Gasteiger partial charge < -0.3 is 35.4 Å². The van der Waals surface area contributed by atoms with Crippen LogP contribution in [0.1, 0.15) is 37.1 Å². The van der Waals surface area contributed by atoms with E-state index < -0.39 is 6.09 Å². The van der Waals surface area contributed by atoms with Gasteiger partial charge in [0.05, 0.1) is 54.6 Å². The molecule has 4 aromatic rings. The Kier molecular flexibility index (Phi) is 11.1. The van der Waals surface area contributed by atoms with E-state index >= 15 is 0 Å². The number of rotatable bonds is 13. The van der Waals surface area contributed by atoms with Gasteiger partial charge in [-0.2, -0.15) is 0 Å². The standard InChI is InChI=1S/C35H36Cl2N8O6/c1-50-33-27(14-38-13-19-9-11-29(46)41-19)39-15-25(43-33)23-7-3-5-21(31(23)36)22-6-4-8-24(32(22)37)26-16-40-28(34(44-26)51-2)18-45(35(48)49)17-20-10-12-30(47)42-20/h3-8,15-16,19-20,38H,9-14,17-18H2,1-2H3,(H,41,46)(H,42,47)(H,48,49)/t19-,20-/m0/s1. The summed E-state index contributed by atoms with van der Waals surface area (Å²) in [5.41, 5.74) is 4.34. The molecule has 266 valence electrons. The number of aromatic nitrogens is 4. The van der Waals surface area contributed by atoms with Gasteiger partial charge in [0.25, 0.3) is 0 Å². The Morgan fingerprint density at radius 3 is 1.86 bits per heavy atom. The summed E-state index contributed by atoms with van der Waals surface area (Å²) in [5.74, 6) is 0.464. The number of hydrogen-bond acceptors (Lipinski definition) is 10. The van der Waals surface area contributed by atoms with Crippen molar-refractivity contribution >= 4 is 41.1 Å². The molecule has 3 amide bonds. The van der Waals surface area contributed by atoms with Crippen molar-refractivity contribution in [2.45, 2.75) is 50.9 Å². The third-order valence-electron chi connectivity index (χ3n) is 8.75. The molecule has 2 aliphatic heterocycles. The highest BCUT2D eigenvalue weighted by atomic mass is 35.5. The number of nitrogens with one attached hydrogen (secondary N) is 3. The molecule has 0 radical (unpaired) electrons. The zero-order chi connectivity index (χ0) is 36.1. The highest BCUT2D eigenvalue weighted by Crippen LogP contribution is 2.42. The summed E-state index contributed by atoms with van der Waals surface area (Å²) in [7, 11) is 2.96. The van der Waals surface area contributed by atoms with E-state index in [9.17, 15) is 19.5 Å². The predicted octanol–water partition coefficient (Wildman–Crippen LogP) is 4.72. The van der Waals surface area contributed by atoms with Crippen LogP contribution < -0.4 is 25.4 Å². The van der Waals surface area contributed by atoms with Gasteiger partial charge in [-0.05, 0) is 12.8 Å². The topological polar surface area (TPSA) is 181 Å². The lowest BCUT2D eigenvalue weighted by Crippen LogP contribution is -2.41. The number of amides is 3. The molecule has 51 heavy (non-hydrogen) atoms. The van der Waals surface area contributed by atoms with E-state index in [-0.39, 0.29) is 42.9 Å². The number of carboxylic acid groups (broad SMARTS) is 1. The zero-order valence-corrected chi connectivity index (χ0v) is 29.4. The second-order valence-corrected chi connectivity index (χ2v) is 12.9. The van der Waals surface area contributed by atoms with Crippen molar-refractivity contribution in [3.8, 4) is 45.4 Å². The first kappa shape index (κ1) is 35.8. The fraction of sp³-hybridized carbons (Fsp3) is 0.343. The molecule has 2 atom stereocenters. The molecule has 2 aliphatic rings. The van der Waals surface area contributed by atoms with Crippen LogP contribution in [0.2, 0.25) is 10.0 Å². The molecule has 2 aromatic heterocycles. The molecule has 0 bridgehead atoms. The second kappa shape index (κ2) is 15.9. The average Bonchev–Trinajstić information content (AvgIpc) is 3.75. The lowest BCUT2D eigenvalue weighted by Gasteiger charge is -2.23. The lowest BCUT2D eigenvalue weighted by molar-refractivity contribution is -0.120. The van der Waals surface area contributed by atoms with E-state index in [1.54, 1.807) is 12.3 Å². The molecular weight excluding hydrogens is 699 g/mol. The van der Waals surface area contributed by atoms with E-state index in [0.29, 0.717) is 93.3 Å². The van der Waals surface area contributed by atoms with E-state index in [4.69, 9.17) is 37.7 Å². The Morgan fingerprint density at radius 1 is 0.843 bits per heavy atom. The van der Waals surface area contributed by atoms with Gasteiger partial charge in [0.15, 0.2) is 0 Å². The first-order valence-corrected chi connectivity index (χ1v) is 17.1. The number of methoxy groups -OCH3 is 2. The maximum Gasteiger partial charge on any atom is 0.407 e. The van der Waals surface area contributed by atoms with Crippen molar-refractivity contribution < 1.29 is 29.0 Å². The number of ether oxygens (including phenoxy) is 2. The molecule has 2 aromatic carbocycles. The molecule has 6 rings (SSSR count). The van der Waals surface area contributed by atoms with Crippen LogP contribution >= 0.6 is 23.2 Å². The van der Waals surface area contributed by atoms with Crippen LogP contribution in [0.25, 0.3) is 33.6 Å². The summed E-state index contributed by atoms with van der Waals surface area (Å²) in [5, 5.41) is 19.6. The van der Waals surface area contributed by atoms with Crippen molar-refractivity contribution in [2.75, 3.05) is 27.3 Å². The number of carbonyl (C=O) groups is 3. The fourth-order valence-corrected chi connectivity index (χ4v) is 6.80. The highest BCUT2D eigenvalue weighted by molar-refractivity contribution is 6.39. The number of hydrogen-bond donors (Lipinski definition) is 4. The van der Waals surface area contributed by atoms with Crippen molar-refractivity contribution in [2.24, 2.45) is 0 Å². The van der Waals surface area contributed by atoms with Crippen LogP contribution in [0.3, 0.4) is 0 Å². The maximum absolute atomic E-state index is 12.0. The fourth-order valence-electron chi connectivity index (χ4n) is 6.15. The SMILES string of the molecule is COc1nc(-c2cccc(-c3cccc(-c4cnc(CN(C[C@@H]5CCC(=O)N5)C(=O)O)c(OC)n4)c3Cl)c2Cl)cnc1CNC[C@@H]1CCC(=O)N1. The summed E-state index contributed by atoms with van der Waals surface area (Å²) in [6, 6.07) is 10.8. The third-order valence-corrected chi connectivity index (χ3v) is 9.57. The van der Waals surface area contributed by atoms with E-state index in [0.717, 1.165) is 6.42 Å². The summed E-state index contributed by atoms with van der Waals surface area (Å²) in [6.45, 7) is 1.05. The molecular formula is C35H36Cl2N8O6. The predicted molar refractivity (Wildman–Crippen MR) is 190 cm³/mol. The van der Waals surface area contributed by atoms with Gasteiger partial charge in [-0.3, -0.25) is 19.6 Å². The van der Waals surface area contributed by atoms with Gasteiger partial charge in [0, 0.05) is 66.8 Å². The van der Waals surface area contributed by atoms with Crippen LogP contribution in [0.5, 0.6) is 11.8 Å². The van der Waals surface area contributed by atoms with Gasteiger partial charge in [-0.1, -0.05) is 59.6 Å². The number of carbonyl (C=O) groups excluding carboxylic acids is 2. The lowest BCUT2D eigenvalue weighted by atomic mass is 9.98. The Labute approximate surface area is 303 Å². The Bertz CT molecular complexity index is 1960. The molecule has 4 N–H and O–H groups in total. The normalized spacial score (nSPS) is 16.9. The molecule has 0 spiro atoms. The number of benzene rings is 2. The van der Waals surface area contributed by atoms with Crippen LogP contribution in [0, 0.1) is 0 Å². The molecule has 2 fully saturated rings. The average molecular weight is 736 g/mol. The smallest absolute Gasteiger partial charge is 0.407 e. The minimum absolute atomic E-state index is 0.0641. The van der Waals surface area contributed by atoms with Crippen LogP contribution in [0.15, 0.2) is 48.8 Å². The van der Waals surface area contributed by atoms with Crippen LogP contribution in [-0.4, -0.2) is 87.2 Å². The largest absolute Gasteiger partial charge is 0.480 e. The zero-order valence-electron chi connectivity index (χ0n) is 27.9. The summed E-state index contributed by atoms with van der Waals surface area (Å²) in [4.78, 5) is 54.7. The van der Waals surface area contributed by atoms with Gasteiger partial charge in [-0.15, -0.1) is 0 Å². The highest BCUT2D eigenvalue weighted by Gasteiger charge is 2.27.